The van der Waals surface area contributed by atoms with Gasteiger partial charge in [-0.15, -0.1) is 0 Å². The summed E-state index contributed by atoms with van der Waals surface area (Å²) in [6.45, 7) is 0. The molecule has 4 heteroatoms. The molecule has 0 amide bonds. The number of aromatic nitrogens is 4. The minimum Gasteiger partial charge on any atom is -0.351 e. The van der Waals surface area contributed by atoms with Crippen molar-refractivity contribution in [3.63, 3.8) is 0 Å². The summed E-state index contributed by atoms with van der Waals surface area (Å²) in [6, 6.07) is 8.75. The molecular formula is C17H16N4. The Kier molecular flexibility index (Phi) is 2.74. The number of hydrogen-bond acceptors (Lipinski definition) is 2. The van der Waals surface area contributed by atoms with E-state index in [2.05, 4.69) is 39.3 Å². The summed E-state index contributed by atoms with van der Waals surface area (Å²) in [6.07, 6.45) is 9.84. The number of nitrogens with zero attached hydrogens (tertiary/aromatic N) is 3. The molecule has 2 heterocycles. The second-order valence-electron chi connectivity index (χ2n) is 5.38. The molecule has 1 N–H and O–H groups in total. The fraction of sp³-hybridized carbons (Fsp3) is 0.176. The van der Waals surface area contributed by atoms with E-state index in [9.17, 15) is 0 Å². The first-order chi connectivity index (χ1) is 10.3. The van der Waals surface area contributed by atoms with Crippen LogP contribution in [0, 0.1) is 0 Å². The summed E-state index contributed by atoms with van der Waals surface area (Å²) < 4.78 is 1.91. The lowest BCUT2D eigenvalue weighted by Crippen LogP contribution is -1.94. The van der Waals surface area contributed by atoms with Crippen molar-refractivity contribution < 1.29 is 0 Å². The second-order valence-corrected chi connectivity index (χ2v) is 5.38. The zero-order valence-corrected chi connectivity index (χ0v) is 11.9. The van der Waals surface area contributed by atoms with Crippen molar-refractivity contribution in [1.29, 1.82) is 0 Å². The van der Waals surface area contributed by atoms with Crippen LogP contribution in [0.2, 0.25) is 0 Å². The fourth-order valence-electron chi connectivity index (χ4n) is 2.99. The van der Waals surface area contributed by atoms with Gasteiger partial charge in [-0.2, -0.15) is 5.10 Å². The van der Waals surface area contributed by atoms with Gasteiger partial charge in [-0.25, -0.2) is 4.98 Å². The Hall–Kier alpha value is -2.62. The molecule has 0 saturated carbocycles. The number of fused-ring (bicyclic) bond motifs is 1. The lowest BCUT2D eigenvalue weighted by atomic mass is 10.0. The normalized spacial score (nSPS) is 15.6. The quantitative estimate of drug-likeness (QED) is 0.780. The Bertz CT molecular complexity index is 809. The van der Waals surface area contributed by atoms with Gasteiger partial charge in [0.2, 0.25) is 0 Å². The van der Waals surface area contributed by atoms with Gasteiger partial charge in [-0.05, 0) is 47.8 Å². The summed E-state index contributed by atoms with van der Waals surface area (Å²) in [4.78, 5) is 7.29. The van der Waals surface area contributed by atoms with Gasteiger partial charge in [0.15, 0.2) is 0 Å². The minimum atomic E-state index is 0.990. The average Bonchev–Trinajstić information content (AvgIpc) is 3.21. The molecule has 0 bridgehead atoms. The molecule has 104 valence electrons. The molecule has 2 aromatic heterocycles. The number of imidazole rings is 1. The van der Waals surface area contributed by atoms with Crippen LogP contribution >= 0.6 is 0 Å². The maximum absolute atomic E-state index is 4.29. The number of allylic oxidation sites excluding steroid dienone is 1. The number of aromatic amines is 1. The van der Waals surface area contributed by atoms with Crippen molar-refractivity contribution in [2.75, 3.05) is 0 Å². The lowest BCUT2D eigenvalue weighted by molar-refractivity contribution is 0.776. The van der Waals surface area contributed by atoms with Gasteiger partial charge >= 0.3 is 0 Å². The van der Waals surface area contributed by atoms with Crippen LogP contribution in [-0.4, -0.2) is 19.7 Å². The number of benzene rings is 1. The summed E-state index contributed by atoms with van der Waals surface area (Å²) in [7, 11) is 1.98. The van der Waals surface area contributed by atoms with Crippen LogP contribution < -0.4 is 0 Å². The molecule has 0 spiro atoms. The van der Waals surface area contributed by atoms with Crippen LogP contribution in [0.3, 0.4) is 0 Å². The molecule has 1 aliphatic carbocycles. The highest BCUT2D eigenvalue weighted by molar-refractivity contribution is 5.86. The monoisotopic (exact) mass is 276 g/mol. The summed E-state index contributed by atoms with van der Waals surface area (Å²) in [5, 5.41) is 4.25. The molecule has 4 nitrogen and oxygen atoms in total. The average molecular weight is 276 g/mol. The van der Waals surface area contributed by atoms with E-state index in [0.717, 1.165) is 24.2 Å². The number of hydrogen-bond donors (Lipinski definition) is 1. The van der Waals surface area contributed by atoms with E-state index < -0.39 is 0 Å². The fourth-order valence-corrected chi connectivity index (χ4v) is 2.99. The molecule has 4 rings (SSSR count). The standard InChI is InChI=1S/C17H16N4/c1-21-17(6-7-20-21)14-5-3-12-2-4-13(16(12)9-14)8-15-10-18-11-19-15/h3,5-11H,2,4H2,1H3,(H,18,19)/b13-8+. The van der Waals surface area contributed by atoms with Crippen molar-refractivity contribution in [3.05, 3.63) is 59.8 Å². The van der Waals surface area contributed by atoms with E-state index in [0.29, 0.717) is 0 Å². The summed E-state index contributed by atoms with van der Waals surface area (Å²) in [5.41, 5.74) is 7.47. The van der Waals surface area contributed by atoms with Gasteiger partial charge < -0.3 is 4.98 Å². The van der Waals surface area contributed by atoms with Gasteiger partial charge in [-0.1, -0.05) is 12.1 Å². The first kappa shape index (κ1) is 12.1. The molecule has 0 atom stereocenters. The molecule has 0 unspecified atom stereocenters. The van der Waals surface area contributed by atoms with E-state index in [1.54, 1.807) is 6.33 Å². The molecule has 21 heavy (non-hydrogen) atoms. The molecule has 1 aromatic carbocycles. The third-order valence-electron chi connectivity index (χ3n) is 4.08. The number of rotatable bonds is 2. The summed E-state index contributed by atoms with van der Waals surface area (Å²) >= 11 is 0. The van der Waals surface area contributed by atoms with Crippen molar-refractivity contribution in [1.82, 2.24) is 19.7 Å². The number of H-pyrrole nitrogens is 1. The molecular weight excluding hydrogens is 260 g/mol. The topological polar surface area (TPSA) is 46.5 Å². The molecule has 1 aliphatic rings. The molecule has 0 radical (unpaired) electrons. The van der Waals surface area contributed by atoms with Gasteiger partial charge in [0, 0.05) is 25.0 Å². The Labute approximate surface area is 123 Å². The van der Waals surface area contributed by atoms with Crippen LogP contribution in [0.4, 0.5) is 0 Å². The van der Waals surface area contributed by atoms with E-state index in [-0.39, 0.29) is 0 Å². The smallest absolute Gasteiger partial charge is 0.0927 e. The second kappa shape index (κ2) is 4.74. The van der Waals surface area contributed by atoms with Gasteiger partial charge in [0.25, 0.3) is 0 Å². The highest BCUT2D eigenvalue weighted by atomic mass is 15.3. The van der Waals surface area contributed by atoms with Gasteiger partial charge in [-0.3, -0.25) is 4.68 Å². The Morgan fingerprint density at radius 3 is 2.95 bits per heavy atom. The van der Waals surface area contributed by atoms with Crippen LogP contribution in [0.5, 0.6) is 0 Å². The Balaban J connectivity index is 1.79. The Morgan fingerprint density at radius 1 is 1.24 bits per heavy atom. The maximum Gasteiger partial charge on any atom is 0.0927 e. The van der Waals surface area contributed by atoms with Gasteiger partial charge in [0.05, 0.1) is 17.7 Å². The third kappa shape index (κ3) is 2.09. The third-order valence-corrected chi connectivity index (χ3v) is 4.08. The number of nitrogens with one attached hydrogen (secondary N) is 1. The molecule has 0 fully saturated rings. The van der Waals surface area contributed by atoms with E-state index >= 15 is 0 Å². The van der Waals surface area contributed by atoms with Gasteiger partial charge in [0.1, 0.15) is 0 Å². The zero-order valence-electron chi connectivity index (χ0n) is 11.9. The van der Waals surface area contributed by atoms with Crippen molar-refractivity contribution in [2.45, 2.75) is 12.8 Å². The maximum atomic E-state index is 4.29. The molecule has 0 aliphatic heterocycles. The first-order valence-corrected chi connectivity index (χ1v) is 7.12. The number of aryl methyl sites for hydroxylation is 2. The van der Waals surface area contributed by atoms with Crippen LogP contribution in [-0.2, 0) is 13.5 Å². The van der Waals surface area contributed by atoms with Crippen LogP contribution in [0.1, 0.15) is 23.2 Å². The highest BCUT2D eigenvalue weighted by Crippen LogP contribution is 2.36. The predicted octanol–water partition coefficient (Wildman–Crippen LogP) is 3.30. The highest BCUT2D eigenvalue weighted by Gasteiger charge is 2.17. The molecule has 0 saturated heterocycles. The SMILES string of the molecule is Cn1nccc1-c1ccc2c(c1)/C(=C/c1c[nH]cn1)CC2. The Morgan fingerprint density at radius 2 is 2.19 bits per heavy atom. The van der Waals surface area contributed by atoms with Crippen molar-refractivity contribution >= 4 is 11.6 Å². The predicted molar refractivity (Wildman–Crippen MR) is 83.4 cm³/mol. The van der Waals surface area contributed by atoms with E-state index in [4.69, 9.17) is 0 Å². The lowest BCUT2D eigenvalue weighted by Gasteiger charge is -2.06. The van der Waals surface area contributed by atoms with Crippen molar-refractivity contribution in [3.8, 4) is 11.3 Å². The van der Waals surface area contributed by atoms with Crippen LogP contribution in [0.25, 0.3) is 22.9 Å². The zero-order chi connectivity index (χ0) is 14.2. The summed E-state index contributed by atoms with van der Waals surface area (Å²) in [5.74, 6) is 0. The van der Waals surface area contributed by atoms with Crippen molar-refractivity contribution in [2.24, 2.45) is 7.05 Å². The molecule has 3 aromatic rings. The van der Waals surface area contributed by atoms with Crippen LogP contribution in [0.15, 0.2) is 43.0 Å². The largest absolute Gasteiger partial charge is 0.351 e. The van der Waals surface area contributed by atoms with E-state index in [1.165, 1.54) is 22.3 Å². The minimum absolute atomic E-state index is 0.990. The van der Waals surface area contributed by atoms with E-state index in [1.807, 2.05) is 30.2 Å². The first-order valence-electron chi connectivity index (χ1n) is 7.12.